The molecule has 1 nitrogen and oxygen atoms in total. The molecule has 0 aromatic carbocycles. The summed E-state index contributed by atoms with van der Waals surface area (Å²) in [6.45, 7) is 6.09. The zero-order valence-corrected chi connectivity index (χ0v) is 5.53. The number of hydrogen-bond donors (Lipinski definition) is 0. The van der Waals surface area contributed by atoms with Crippen molar-refractivity contribution in [2.75, 3.05) is 13.2 Å². The molecular formula is C7H12O. The van der Waals surface area contributed by atoms with Crippen molar-refractivity contribution in [1.82, 2.24) is 0 Å². The van der Waals surface area contributed by atoms with E-state index >= 15 is 0 Å². The van der Waals surface area contributed by atoms with Crippen LogP contribution in [0.5, 0.6) is 0 Å². The summed E-state index contributed by atoms with van der Waals surface area (Å²) in [5, 5.41) is 0. The van der Waals surface area contributed by atoms with Crippen LogP contribution in [0, 0.1) is 0 Å². The quantitative estimate of drug-likeness (QED) is 0.434. The summed E-state index contributed by atoms with van der Waals surface area (Å²) in [6.07, 6.45) is 1.16. The lowest BCUT2D eigenvalue weighted by molar-refractivity contribution is 0.204. The first kappa shape index (κ1) is 5.83. The molecule has 1 heteroatoms. The molecular weight excluding hydrogens is 100 g/mol. The first-order valence-corrected chi connectivity index (χ1v) is 3.03. The van der Waals surface area contributed by atoms with E-state index in [-0.39, 0.29) is 0 Å². The van der Waals surface area contributed by atoms with Crippen LogP contribution in [-0.2, 0) is 4.74 Å². The second-order valence-corrected chi connectivity index (χ2v) is 2.41. The van der Waals surface area contributed by atoms with E-state index in [4.69, 9.17) is 4.74 Å². The fourth-order valence-electron chi connectivity index (χ4n) is 0.857. The van der Waals surface area contributed by atoms with E-state index in [2.05, 4.69) is 13.8 Å². The molecule has 46 valence electrons. The van der Waals surface area contributed by atoms with E-state index in [0.29, 0.717) is 0 Å². The van der Waals surface area contributed by atoms with Crippen molar-refractivity contribution in [1.29, 1.82) is 0 Å². The number of ether oxygens (including phenoxy) is 1. The molecule has 1 fully saturated rings. The van der Waals surface area contributed by atoms with Crippen LogP contribution >= 0.6 is 0 Å². The van der Waals surface area contributed by atoms with Crippen LogP contribution in [-0.4, -0.2) is 13.2 Å². The van der Waals surface area contributed by atoms with Gasteiger partial charge >= 0.3 is 0 Å². The minimum Gasteiger partial charge on any atom is -0.377 e. The maximum atomic E-state index is 5.16. The zero-order chi connectivity index (χ0) is 5.98. The predicted octanol–water partition coefficient (Wildman–Crippen LogP) is 1.74. The molecule has 1 rings (SSSR count). The van der Waals surface area contributed by atoms with Crippen molar-refractivity contribution < 1.29 is 4.74 Å². The van der Waals surface area contributed by atoms with E-state index in [9.17, 15) is 0 Å². The summed E-state index contributed by atoms with van der Waals surface area (Å²) in [7, 11) is 0. The molecule has 0 bridgehead atoms. The van der Waals surface area contributed by atoms with Crippen molar-refractivity contribution >= 4 is 0 Å². The SMILES string of the molecule is CC(C)=C1CCOC1. The average Bonchev–Trinajstić information content (AvgIpc) is 2.12. The Morgan fingerprint density at radius 3 is 2.50 bits per heavy atom. The van der Waals surface area contributed by atoms with Crippen LogP contribution in [0.4, 0.5) is 0 Å². The van der Waals surface area contributed by atoms with E-state index < -0.39 is 0 Å². The Morgan fingerprint density at radius 2 is 2.25 bits per heavy atom. The minimum atomic E-state index is 0.877. The fourth-order valence-corrected chi connectivity index (χ4v) is 0.857. The van der Waals surface area contributed by atoms with E-state index in [1.807, 2.05) is 0 Å². The van der Waals surface area contributed by atoms with E-state index in [0.717, 1.165) is 19.6 Å². The molecule has 0 aromatic rings. The van der Waals surface area contributed by atoms with Gasteiger partial charge in [0.05, 0.1) is 13.2 Å². The smallest absolute Gasteiger partial charge is 0.0680 e. The molecule has 0 aromatic heterocycles. The van der Waals surface area contributed by atoms with Gasteiger partial charge in [0, 0.05) is 0 Å². The Kier molecular flexibility index (Phi) is 1.69. The monoisotopic (exact) mass is 112 g/mol. The molecule has 0 saturated carbocycles. The second-order valence-electron chi connectivity index (χ2n) is 2.41. The Hall–Kier alpha value is -0.300. The second kappa shape index (κ2) is 2.31. The highest BCUT2D eigenvalue weighted by Gasteiger charge is 2.06. The molecule has 0 radical (unpaired) electrons. The average molecular weight is 112 g/mol. The molecule has 8 heavy (non-hydrogen) atoms. The molecule has 0 amide bonds. The molecule has 1 saturated heterocycles. The molecule has 0 N–H and O–H groups in total. The number of allylic oxidation sites excluding steroid dienone is 1. The molecule has 1 aliphatic heterocycles. The largest absolute Gasteiger partial charge is 0.377 e. The Bertz CT molecular complexity index is 102. The summed E-state index contributed by atoms with van der Waals surface area (Å²) in [5.41, 5.74) is 2.92. The van der Waals surface area contributed by atoms with Crippen LogP contribution < -0.4 is 0 Å². The lowest BCUT2D eigenvalue weighted by Crippen LogP contribution is -1.82. The van der Waals surface area contributed by atoms with Crippen LogP contribution in [0.25, 0.3) is 0 Å². The molecule has 1 aliphatic rings. The Labute approximate surface area is 50.3 Å². The Balaban J connectivity index is 2.58. The highest BCUT2D eigenvalue weighted by Crippen LogP contribution is 2.14. The van der Waals surface area contributed by atoms with Gasteiger partial charge in [-0.25, -0.2) is 0 Å². The third-order valence-electron chi connectivity index (χ3n) is 1.53. The van der Waals surface area contributed by atoms with Gasteiger partial charge in [-0.2, -0.15) is 0 Å². The third-order valence-corrected chi connectivity index (χ3v) is 1.53. The fraction of sp³-hybridized carbons (Fsp3) is 0.714. The number of rotatable bonds is 0. The van der Waals surface area contributed by atoms with Gasteiger partial charge in [0.15, 0.2) is 0 Å². The summed E-state index contributed by atoms with van der Waals surface area (Å²) in [6, 6.07) is 0. The molecule has 0 aliphatic carbocycles. The van der Waals surface area contributed by atoms with E-state index in [1.165, 1.54) is 11.1 Å². The summed E-state index contributed by atoms with van der Waals surface area (Å²) >= 11 is 0. The predicted molar refractivity (Wildman–Crippen MR) is 33.8 cm³/mol. The third kappa shape index (κ3) is 1.10. The topological polar surface area (TPSA) is 9.23 Å². The van der Waals surface area contributed by atoms with Crippen molar-refractivity contribution in [3.8, 4) is 0 Å². The van der Waals surface area contributed by atoms with Gasteiger partial charge in [-0.1, -0.05) is 5.57 Å². The van der Waals surface area contributed by atoms with Crippen molar-refractivity contribution in [2.45, 2.75) is 20.3 Å². The van der Waals surface area contributed by atoms with Crippen molar-refractivity contribution in [3.05, 3.63) is 11.1 Å². The minimum absolute atomic E-state index is 0.877. The first-order chi connectivity index (χ1) is 3.80. The highest BCUT2D eigenvalue weighted by atomic mass is 16.5. The van der Waals surface area contributed by atoms with Crippen LogP contribution in [0.3, 0.4) is 0 Å². The highest BCUT2D eigenvalue weighted by molar-refractivity contribution is 5.12. The first-order valence-electron chi connectivity index (χ1n) is 3.03. The lowest BCUT2D eigenvalue weighted by atomic mass is 10.1. The maximum absolute atomic E-state index is 5.16. The molecule has 0 spiro atoms. The van der Waals surface area contributed by atoms with Gasteiger partial charge in [0.2, 0.25) is 0 Å². The zero-order valence-electron chi connectivity index (χ0n) is 5.53. The Morgan fingerprint density at radius 1 is 1.50 bits per heavy atom. The van der Waals surface area contributed by atoms with Crippen molar-refractivity contribution in [3.63, 3.8) is 0 Å². The summed E-state index contributed by atoms with van der Waals surface area (Å²) in [5.74, 6) is 0. The van der Waals surface area contributed by atoms with Gasteiger partial charge in [-0.15, -0.1) is 0 Å². The molecule has 0 atom stereocenters. The summed E-state index contributed by atoms with van der Waals surface area (Å²) < 4.78 is 5.16. The van der Waals surface area contributed by atoms with Gasteiger partial charge in [0.1, 0.15) is 0 Å². The van der Waals surface area contributed by atoms with Crippen LogP contribution in [0.15, 0.2) is 11.1 Å². The molecule has 0 unspecified atom stereocenters. The van der Waals surface area contributed by atoms with Crippen molar-refractivity contribution in [2.24, 2.45) is 0 Å². The maximum Gasteiger partial charge on any atom is 0.0680 e. The van der Waals surface area contributed by atoms with Crippen LogP contribution in [0.1, 0.15) is 20.3 Å². The van der Waals surface area contributed by atoms with E-state index in [1.54, 1.807) is 0 Å². The lowest BCUT2D eigenvalue weighted by Gasteiger charge is -1.93. The van der Waals surface area contributed by atoms with Gasteiger partial charge in [-0.3, -0.25) is 0 Å². The standard InChI is InChI=1S/C7H12O/c1-6(2)7-3-4-8-5-7/h3-5H2,1-2H3. The van der Waals surface area contributed by atoms with Crippen LogP contribution in [0.2, 0.25) is 0 Å². The van der Waals surface area contributed by atoms with Gasteiger partial charge in [-0.05, 0) is 25.8 Å². The molecule has 1 heterocycles. The summed E-state index contributed by atoms with van der Waals surface area (Å²) in [4.78, 5) is 0. The number of hydrogen-bond acceptors (Lipinski definition) is 1. The van der Waals surface area contributed by atoms with Gasteiger partial charge in [0.25, 0.3) is 0 Å². The normalized spacial score (nSPS) is 19.5. The van der Waals surface area contributed by atoms with Gasteiger partial charge < -0.3 is 4.74 Å².